The molecule has 1 N–H and O–H groups in total. The number of hydrogen-bond acceptors (Lipinski definition) is 5. The third-order valence-corrected chi connectivity index (χ3v) is 4.50. The van der Waals surface area contributed by atoms with Gasteiger partial charge >= 0.3 is 0 Å². The quantitative estimate of drug-likeness (QED) is 0.835. The van der Waals surface area contributed by atoms with E-state index < -0.39 is 0 Å². The number of hydrogen-bond donors (Lipinski definition) is 1. The number of carbonyl (C=O) groups excluding carboxylic acids is 1. The number of likely N-dealkylation sites (tertiary alicyclic amines) is 1. The van der Waals surface area contributed by atoms with Crippen molar-refractivity contribution in [3.8, 4) is 0 Å². The highest BCUT2D eigenvalue weighted by atomic mass is 16.5. The average molecular weight is 345 g/mol. The van der Waals surface area contributed by atoms with Crippen LogP contribution in [0.4, 0.5) is 0 Å². The maximum Gasteiger partial charge on any atom is 0.224 e. The molecule has 6 nitrogen and oxygen atoms in total. The summed E-state index contributed by atoms with van der Waals surface area (Å²) in [4.78, 5) is 14.8. The van der Waals surface area contributed by atoms with Crippen LogP contribution in [0.1, 0.15) is 43.9 Å². The summed E-state index contributed by atoms with van der Waals surface area (Å²) in [7, 11) is 0. The van der Waals surface area contributed by atoms with Crippen LogP contribution in [0.5, 0.6) is 0 Å². The van der Waals surface area contributed by atoms with Crippen molar-refractivity contribution in [2.24, 2.45) is 11.8 Å². The molecule has 2 aromatic heterocycles. The van der Waals surface area contributed by atoms with Crippen molar-refractivity contribution in [2.75, 3.05) is 13.1 Å². The third-order valence-electron chi connectivity index (χ3n) is 4.50. The van der Waals surface area contributed by atoms with Gasteiger partial charge in [-0.3, -0.25) is 9.69 Å². The van der Waals surface area contributed by atoms with Crippen molar-refractivity contribution in [1.82, 2.24) is 15.4 Å². The predicted molar refractivity (Wildman–Crippen MR) is 93.6 cm³/mol. The van der Waals surface area contributed by atoms with E-state index in [2.05, 4.69) is 29.2 Å². The van der Waals surface area contributed by atoms with Crippen molar-refractivity contribution in [3.05, 3.63) is 41.7 Å². The van der Waals surface area contributed by atoms with Crippen molar-refractivity contribution in [1.29, 1.82) is 0 Å². The Bertz CT molecular complexity index is 663. The molecule has 6 heteroatoms. The highest BCUT2D eigenvalue weighted by molar-refractivity contribution is 5.78. The summed E-state index contributed by atoms with van der Waals surface area (Å²) in [6.45, 7) is 7.24. The van der Waals surface area contributed by atoms with Crippen LogP contribution in [0, 0.1) is 11.8 Å². The standard InChI is InChI=1S/C19H27N3O3/c1-14(2)9-18-10-16(21-25-18)11-20-19(23)15-5-3-7-22(12-15)13-17-6-4-8-24-17/h4,6,8,10,14-15H,3,5,7,9,11-13H2,1-2H3,(H,20,23)/t15-/m1/s1. The zero-order chi connectivity index (χ0) is 17.6. The van der Waals surface area contributed by atoms with E-state index in [4.69, 9.17) is 8.94 Å². The Labute approximate surface area is 148 Å². The van der Waals surface area contributed by atoms with E-state index in [-0.39, 0.29) is 11.8 Å². The summed E-state index contributed by atoms with van der Waals surface area (Å²) >= 11 is 0. The fourth-order valence-electron chi connectivity index (χ4n) is 3.30. The molecule has 0 saturated carbocycles. The summed E-state index contributed by atoms with van der Waals surface area (Å²) in [5.41, 5.74) is 0.784. The van der Waals surface area contributed by atoms with Crippen LogP contribution in [0.2, 0.25) is 0 Å². The van der Waals surface area contributed by atoms with Crippen LogP contribution < -0.4 is 5.32 Å². The summed E-state index contributed by atoms with van der Waals surface area (Å²) in [5, 5.41) is 7.04. The summed E-state index contributed by atoms with van der Waals surface area (Å²) in [6, 6.07) is 5.81. The molecule has 1 aliphatic rings. The number of piperidine rings is 1. The van der Waals surface area contributed by atoms with E-state index in [0.717, 1.165) is 56.1 Å². The first-order chi connectivity index (χ1) is 12.1. The lowest BCUT2D eigenvalue weighted by molar-refractivity contribution is -0.127. The maximum absolute atomic E-state index is 12.5. The van der Waals surface area contributed by atoms with Gasteiger partial charge in [0.25, 0.3) is 0 Å². The summed E-state index contributed by atoms with van der Waals surface area (Å²) in [5.74, 6) is 2.46. The lowest BCUT2D eigenvalue weighted by atomic mass is 9.97. The van der Waals surface area contributed by atoms with Crippen LogP contribution >= 0.6 is 0 Å². The van der Waals surface area contributed by atoms with Gasteiger partial charge in [-0.05, 0) is 37.4 Å². The molecule has 0 bridgehead atoms. The van der Waals surface area contributed by atoms with Crippen LogP contribution in [-0.2, 0) is 24.3 Å². The molecule has 2 aromatic rings. The normalized spacial score (nSPS) is 18.6. The van der Waals surface area contributed by atoms with Crippen molar-refractivity contribution >= 4 is 5.91 Å². The molecule has 25 heavy (non-hydrogen) atoms. The molecule has 0 unspecified atom stereocenters. The second-order valence-corrected chi connectivity index (χ2v) is 7.25. The van der Waals surface area contributed by atoms with Gasteiger partial charge in [0.1, 0.15) is 17.2 Å². The monoisotopic (exact) mass is 345 g/mol. The largest absolute Gasteiger partial charge is 0.468 e. The smallest absolute Gasteiger partial charge is 0.224 e. The van der Waals surface area contributed by atoms with Gasteiger partial charge in [0.15, 0.2) is 0 Å². The molecule has 1 atom stereocenters. The predicted octanol–water partition coefficient (Wildman–Crippen LogP) is 2.99. The minimum absolute atomic E-state index is 0.0192. The molecule has 0 aliphatic carbocycles. The molecule has 0 radical (unpaired) electrons. The number of furan rings is 1. The van der Waals surface area contributed by atoms with Gasteiger partial charge < -0.3 is 14.3 Å². The highest BCUT2D eigenvalue weighted by Gasteiger charge is 2.26. The van der Waals surface area contributed by atoms with Crippen LogP contribution in [0.15, 0.2) is 33.4 Å². The second kappa shape index (κ2) is 8.34. The van der Waals surface area contributed by atoms with Crippen molar-refractivity contribution in [2.45, 2.75) is 46.2 Å². The molecular formula is C19H27N3O3. The minimum atomic E-state index is 0.0192. The molecule has 1 amide bonds. The number of nitrogens with one attached hydrogen (secondary N) is 1. The van der Waals surface area contributed by atoms with Gasteiger partial charge in [-0.2, -0.15) is 0 Å². The zero-order valence-electron chi connectivity index (χ0n) is 15.0. The first kappa shape index (κ1) is 17.7. The van der Waals surface area contributed by atoms with Gasteiger partial charge in [0.05, 0.1) is 25.3 Å². The fourth-order valence-corrected chi connectivity index (χ4v) is 3.30. The fraction of sp³-hybridized carbons (Fsp3) is 0.579. The van der Waals surface area contributed by atoms with Crippen molar-refractivity contribution in [3.63, 3.8) is 0 Å². The first-order valence-electron chi connectivity index (χ1n) is 9.07. The molecule has 1 saturated heterocycles. The third kappa shape index (κ3) is 5.19. The number of carbonyl (C=O) groups is 1. The minimum Gasteiger partial charge on any atom is -0.468 e. The summed E-state index contributed by atoms with van der Waals surface area (Å²) < 4.78 is 10.7. The molecule has 0 spiro atoms. The molecule has 1 aliphatic heterocycles. The topological polar surface area (TPSA) is 71.5 Å². The molecule has 3 heterocycles. The maximum atomic E-state index is 12.5. The average Bonchev–Trinajstić information content (AvgIpc) is 3.24. The van der Waals surface area contributed by atoms with Gasteiger partial charge in [-0.1, -0.05) is 19.0 Å². The van der Waals surface area contributed by atoms with Crippen LogP contribution in [-0.4, -0.2) is 29.1 Å². The van der Waals surface area contributed by atoms with Gasteiger partial charge in [0.2, 0.25) is 5.91 Å². The Hall–Kier alpha value is -2.08. The highest BCUT2D eigenvalue weighted by Crippen LogP contribution is 2.19. The Balaban J connectivity index is 1.46. The zero-order valence-corrected chi connectivity index (χ0v) is 15.0. The van der Waals surface area contributed by atoms with Crippen LogP contribution in [0.25, 0.3) is 0 Å². The van der Waals surface area contributed by atoms with E-state index >= 15 is 0 Å². The SMILES string of the molecule is CC(C)Cc1cc(CNC(=O)[C@@H]2CCCN(Cc3ccco3)C2)no1. The van der Waals surface area contributed by atoms with E-state index in [1.807, 2.05) is 18.2 Å². The molecular weight excluding hydrogens is 318 g/mol. The Morgan fingerprint density at radius 2 is 2.32 bits per heavy atom. The van der Waals surface area contributed by atoms with Gasteiger partial charge in [-0.25, -0.2) is 0 Å². The van der Waals surface area contributed by atoms with E-state index in [1.165, 1.54) is 0 Å². The van der Waals surface area contributed by atoms with Gasteiger partial charge in [-0.15, -0.1) is 0 Å². The Kier molecular flexibility index (Phi) is 5.91. The first-order valence-corrected chi connectivity index (χ1v) is 9.07. The lowest BCUT2D eigenvalue weighted by Crippen LogP contribution is -2.42. The Morgan fingerprint density at radius 3 is 3.08 bits per heavy atom. The van der Waals surface area contributed by atoms with Crippen LogP contribution in [0.3, 0.4) is 0 Å². The number of nitrogens with zero attached hydrogens (tertiary/aromatic N) is 2. The molecule has 136 valence electrons. The van der Waals surface area contributed by atoms with Gasteiger partial charge in [0, 0.05) is 19.0 Å². The Morgan fingerprint density at radius 1 is 1.44 bits per heavy atom. The molecule has 3 rings (SSSR count). The van der Waals surface area contributed by atoms with E-state index in [9.17, 15) is 4.79 Å². The van der Waals surface area contributed by atoms with E-state index in [0.29, 0.717) is 12.5 Å². The summed E-state index contributed by atoms with van der Waals surface area (Å²) in [6.07, 6.45) is 4.51. The van der Waals surface area contributed by atoms with Crippen molar-refractivity contribution < 1.29 is 13.7 Å². The number of aromatic nitrogens is 1. The lowest BCUT2D eigenvalue weighted by Gasteiger charge is -2.31. The van der Waals surface area contributed by atoms with E-state index in [1.54, 1.807) is 6.26 Å². The second-order valence-electron chi connectivity index (χ2n) is 7.25. The molecule has 1 fully saturated rings. The number of rotatable bonds is 7. The molecule has 0 aromatic carbocycles. The number of amides is 1.